The summed E-state index contributed by atoms with van der Waals surface area (Å²) in [5.74, 6) is -1.37. The maximum Gasteiger partial charge on any atom is 0.307 e. The Hall–Kier alpha value is -3.09. The predicted molar refractivity (Wildman–Crippen MR) is 126 cm³/mol. The van der Waals surface area contributed by atoms with Crippen molar-refractivity contribution in [1.82, 2.24) is 9.88 Å². The maximum absolute atomic E-state index is 13.5. The van der Waals surface area contributed by atoms with Crippen LogP contribution in [0.15, 0.2) is 35.1 Å². The Morgan fingerprint density at radius 2 is 1.82 bits per heavy atom. The van der Waals surface area contributed by atoms with Gasteiger partial charge in [0, 0.05) is 17.8 Å². The zero-order valence-corrected chi connectivity index (χ0v) is 19.6. The molecule has 7 nitrogen and oxygen atoms in total. The lowest BCUT2D eigenvalue weighted by molar-refractivity contribution is -0.141. The second-order valence-corrected chi connectivity index (χ2v) is 8.59. The third-order valence-corrected chi connectivity index (χ3v) is 6.31. The van der Waals surface area contributed by atoms with Gasteiger partial charge in [-0.15, -0.1) is 0 Å². The number of carbonyl (C=O) groups excluding carboxylic acids is 2. The lowest BCUT2D eigenvalue weighted by Gasteiger charge is -2.23. The van der Waals surface area contributed by atoms with Crippen LogP contribution in [-0.2, 0) is 28.9 Å². The molecular formula is C26H34N2O5. The molecule has 0 radical (unpaired) electrons. The van der Waals surface area contributed by atoms with Crippen LogP contribution in [0.25, 0.3) is 0 Å². The van der Waals surface area contributed by atoms with E-state index in [-0.39, 0.29) is 17.7 Å². The SMILES string of the molecule is CCCCn1c2c(c(O)c(C(=O)NC(CC(=O)OC)c3ccccc3)c1=O)CCCCCC2. The molecule has 1 atom stereocenters. The summed E-state index contributed by atoms with van der Waals surface area (Å²) in [6, 6.07) is 8.38. The second-order valence-electron chi connectivity index (χ2n) is 8.59. The maximum atomic E-state index is 13.5. The highest BCUT2D eigenvalue weighted by Gasteiger charge is 2.28. The first kappa shape index (κ1) is 24.6. The second kappa shape index (κ2) is 11.7. The summed E-state index contributed by atoms with van der Waals surface area (Å²) in [6.07, 6.45) is 7.02. The molecule has 3 rings (SSSR count). The molecule has 7 heteroatoms. The summed E-state index contributed by atoms with van der Waals surface area (Å²) < 4.78 is 6.49. The van der Waals surface area contributed by atoms with Crippen LogP contribution >= 0.6 is 0 Å². The van der Waals surface area contributed by atoms with Gasteiger partial charge in [0.25, 0.3) is 11.5 Å². The number of esters is 1. The van der Waals surface area contributed by atoms with Crippen molar-refractivity contribution in [2.75, 3.05) is 7.11 Å². The molecule has 2 aromatic rings. The minimum atomic E-state index is -0.684. The van der Waals surface area contributed by atoms with Gasteiger partial charge in [0.2, 0.25) is 0 Å². The van der Waals surface area contributed by atoms with Crippen molar-refractivity contribution in [3.05, 3.63) is 63.1 Å². The number of nitrogens with zero attached hydrogens (tertiary/aromatic N) is 1. The Balaban J connectivity index is 2.04. The zero-order valence-electron chi connectivity index (χ0n) is 19.6. The first-order valence-electron chi connectivity index (χ1n) is 11.9. The van der Waals surface area contributed by atoms with Crippen LogP contribution in [0.2, 0.25) is 0 Å². The van der Waals surface area contributed by atoms with Crippen molar-refractivity contribution in [3.63, 3.8) is 0 Å². The number of fused-ring (bicyclic) bond motifs is 1. The largest absolute Gasteiger partial charge is 0.507 e. The van der Waals surface area contributed by atoms with Gasteiger partial charge in [0.15, 0.2) is 0 Å². The third kappa shape index (κ3) is 5.83. The van der Waals surface area contributed by atoms with E-state index < -0.39 is 23.5 Å². The highest BCUT2D eigenvalue weighted by molar-refractivity contribution is 5.97. The highest BCUT2D eigenvalue weighted by atomic mass is 16.5. The Kier molecular flexibility index (Phi) is 8.69. The molecule has 1 aromatic carbocycles. The summed E-state index contributed by atoms with van der Waals surface area (Å²) in [5.41, 5.74) is 1.57. The minimum absolute atomic E-state index is 0.0814. The summed E-state index contributed by atoms with van der Waals surface area (Å²) in [7, 11) is 1.29. The fourth-order valence-corrected chi connectivity index (χ4v) is 4.48. The van der Waals surface area contributed by atoms with Gasteiger partial charge in [-0.05, 0) is 37.7 Å². The third-order valence-electron chi connectivity index (χ3n) is 6.31. The van der Waals surface area contributed by atoms with Gasteiger partial charge in [0.1, 0.15) is 11.3 Å². The standard InChI is InChI=1S/C26H34N2O5/c1-3-4-16-28-21-15-11-6-5-10-14-19(21)24(30)23(26(28)32)25(31)27-20(17-22(29)33-2)18-12-8-7-9-13-18/h7-9,12-13,20,30H,3-6,10-11,14-17H2,1-2H3,(H,27,31). The van der Waals surface area contributed by atoms with Crippen LogP contribution in [-0.4, -0.2) is 28.7 Å². The summed E-state index contributed by atoms with van der Waals surface area (Å²) in [5, 5.41) is 13.9. The van der Waals surface area contributed by atoms with Crippen molar-refractivity contribution in [2.24, 2.45) is 0 Å². The Morgan fingerprint density at radius 3 is 2.48 bits per heavy atom. The van der Waals surface area contributed by atoms with E-state index in [1.54, 1.807) is 16.7 Å². The molecule has 2 N–H and O–H groups in total. The zero-order chi connectivity index (χ0) is 23.8. The van der Waals surface area contributed by atoms with Crippen molar-refractivity contribution >= 4 is 11.9 Å². The van der Waals surface area contributed by atoms with Gasteiger partial charge in [0.05, 0.1) is 19.6 Å². The fraction of sp³-hybridized carbons (Fsp3) is 0.500. The number of aromatic nitrogens is 1. The van der Waals surface area contributed by atoms with E-state index in [0.717, 1.165) is 50.6 Å². The number of benzene rings is 1. The van der Waals surface area contributed by atoms with E-state index in [9.17, 15) is 19.5 Å². The van der Waals surface area contributed by atoms with E-state index in [0.29, 0.717) is 24.1 Å². The van der Waals surface area contributed by atoms with Gasteiger partial charge in [-0.3, -0.25) is 14.4 Å². The number of carbonyl (C=O) groups is 2. The first-order chi connectivity index (χ1) is 16.0. The first-order valence-corrected chi connectivity index (χ1v) is 11.9. The van der Waals surface area contributed by atoms with E-state index in [1.165, 1.54) is 7.11 Å². The van der Waals surface area contributed by atoms with E-state index in [1.807, 2.05) is 18.2 Å². The summed E-state index contributed by atoms with van der Waals surface area (Å²) in [6.45, 7) is 2.57. The van der Waals surface area contributed by atoms with Gasteiger partial charge < -0.3 is 19.7 Å². The van der Waals surface area contributed by atoms with Crippen molar-refractivity contribution in [3.8, 4) is 5.75 Å². The molecule has 0 bridgehead atoms. The molecule has 1 aliphatic rings. The number of ether oxygens (including phenoxy) is 1. The monoisotopic (exact) mass is 454 g/mol. The van der Waals surface area contributed by atoms with Crippen LogP contribution in [0.5, 0.6) is 5.75 Å². The molecule has 1 unspecified atom stereocenters. The number of methoxy groups -OCH3 is 1. The van der Waals surface area contributed by atoms with Crippen molar-refractivity contribution in [1.29, 1.82) is 0 Å². The van der Waals surface area contributed by atoms with E-state index in [2.05, 4.69) is 12.2 Å². The molecular weight excluding hydrogens is 420 g/mol. The normalized spacial score (nSPS) is 14.5. The smallest absolute Gasteiger partial charge is 0.307 e. The van der Waals surface area contributed by atoms with Crippen LogP contribution in [0.4, 0.5) is 0 Å². The van der Waals surface area contributed by atoms with Gasteiger partial charge in [-0.2, -0.15) is 0 Å². The number of aromatic hydroxyl groups is 1. The number of hydrogen-bond donors (Lipinski definition) is 2. The highest BCUT2D eigenvalue weighted by Crippen LogP contribution is 2.30. The fourth-order valence-electron chi connectivity index (χ4n) is 4.48. The van der Waals surface area contributed by atoms with Gasteiger partial charge >= 0.3 is 5.97 Å². The van der Waals surface area contributed by atoms with Crippen LogP contribution in [0.3, 0.4) is 0 Å². The number of unbranched alkanes of at least 4 members (excludes halogenated alkanes) is 1. The van der Waals surface area contributed by atoms with Crippen LogP contribution < -0.4 is 10.9 Å². The minimum Gasteiger partial charge on any atom is -0.507 e. The molecule has 0 spiro atoms. The number of amides is 1. The molecule has 1 heterocycles. The Bertz CT molecular complexity index is 1030. The topological polar surface area (TPSA) is 97.6 Å². The lowest BCUT2D eigenvalue weighted by atomic mass is 9.94. The molecule has 0 aliphatic heterocycles. The van der Waals surface area contributed by atoms with E-state index >= 15 is 0 Å². The molecule has 33 heavy (non-hydrogen) atoms. The molecule has 1 aliphatic carbocycles. The van der Waals surface area contributed by atoms with Crippen LogP contribution in [0.1, 0.15) is 85.1 Å². The van der Waals surface area contributed by atoms with E-state index in [4.69, 9.17) is 4.74 Å². The number of rotatable bonds is 8. The average molecular weight is 455 g/mol. The van der Waals surface area contributed by atoms with Crippen molar-refractivity contribution < 1.29 is 19.4 Å². The average Bonchev–Trinajstić information content (AvgIpc) is 2.79. The molecule has 178 valence electrons. The Morgan fingerprint density at radius 1 is 1.12 bits per heavy atom. The van der Waals surface area contributed by atoms with Gasteiger partial charge in [-0.25, -0.2) is 0 Å². The Labute approximate surface area is 194 Å². The molecule has 0 saturated carbocycles. The molecule has 0 saturated heterocycles. The molecule has 1 amide bonds. The number of hydrogen-bond acceptors (Lipinski definition) is 5. The van der Waals surface area contributed by atoms with Gasteiger partial charge in [-0.1, -0.05) is 56.5 Å². The summed E-state index contributed by atoms with van der Waals surface area (Å²) >= 11 is 0. The number of nitrogens with one attached hydrogen (secondary N) is 1. The predicted octanol–water partition coefficient (Wildman–Crippen LogP) is 4.05. The quantitative estimate of drug-likeness (QED) is 0.587. The van der Waals surface area contributed by atoms with Crippen molar-refractivity contribution in [2.45, 2.75) is 77.3 Å². The molecule has 1 aromatic heterocycles. The summed E-state index contributed by atoms with van der Waals surface area (Å²) in [4.78, 5) is 38.8. The van der Waals surface area contributed by atoms with Crippen LogP contribution in [0, 0.1) is 0 Å². The number of pyridine rings is 1. The lowest BCUT2D eigenvalue weighted by Crippen LogP contribution is -2.38. The molecule has 0 fully saturated rings.